The predicted octanol–water partition coefficient (Wildman–Crippen LogP) is 2.28. The van der Waals surface area contributed by atoms with E-state index < -0.39 is 0 Å². The molecule has 4 heterocycles. The minimum Gasteiger partial charge on any atom is -0.368 e. The number of hydrogen-bond donors (Lipinski definition) is 1. The smallest absolute Gasteiger partial charge is 0.255 e. The molecule has 3 fully saturated rings. The second-order valence-corrected chi connectivity index (χ2v) is 7.89. The maximum atomic E-state index is 12.5. The van der Waals surface area contributed by atoms with E-state index in [-0.39, 0.29) is 17.9 Å². The second kappa shape index (κ2) is 7.82. The quantitative estimate of drug-likeness (QED) is 0.900. The third-order valence-corrected chi connectivity index (χ3v) is 6.39. The van der Waals surface area contributed by atoms with Crippen molar-refractivity contribution in [2.24, 2.45) is 11.8 Å². The van der Waals surface area contributed by atoms with Crippen molar-refractivity contribution < 1.29 is 14.3 Å². The van der Waals surface area contributed by atoms with Gasteiger partial charge in [-0.3, -0.25) is 9.59 Å². The first-order chi connectivity index (χ1) is 12.7. The summed E-state index contributed by atoms with van der Waals surface area (Å²) in [4.78, 5) is 31.9. The van der Waals surface area contributed by atoms with Crippen molar-refractivity contribution in [3.63, 3.8) is 0 Å². The van der Waals surface area contributed by atoms with Gasteiger partial charge in [0.2, 0.25) is 0 Å². The largest absolute Gasteiger partial charge is 0.368 e. The van der Waals surface area contributed by atoms with Gasteiger partial charge < -0.3 is 19.5 Å². The summed E-state index contributed by atoms with van der Waals surface area (Å²) < 4.78 is 5.55. The number of nitrogens with zero attached hydrogens (tertiary/aromatic N) is 2. The van der Waals surface area contributed by atoms with Crippen molar-refractivity contribution in [2.75, 3.05) is 32.8 Å². The predicted molar refractivity (Wildman–Crippen MR) is 97.7 cm³/mol. The van der Waals surface area contributed by atoms with Crippen LogP contribution < -0.4 is 0 Å². The molecule has 142 valence electrons. The average molecular weight is 359 g/mol. The first kappa shape index (κ1) is 17.6. The molecule has 6 nitrogen and oxygen atoms in total. The highest BCUT2D eigenvalue weighted by atomic mass is 16.5. The van der Waals surface area contributed by atoms with Gasteiger partial charge in [-0.2, -0.15) is 0 Å². The SMILES string of the molecule is O=C(c1cc[nH]c1)N1CCC(C2CCN(C(=O)C3CCCO3)CC2)CC1. The lowest BCUT2D eigenvalue weighted by atomic mass is 9.78. The molecule has 1 aromatic heterocycles. The Kier molecular flexibility index (Phi) is 5.29. The number of piperidine rings is 2. The van der Waals surface area contributed by atoms with Crippen molar-refractivity contribution in [3.05, 3.63) is 24.0 Å². The zero-order chi connectivity index (χ0) is 17.9. The molecule has 1 unspecified atom stereocenters. The summed E-state index contributed by atoms with van der Waals surface area (Å²) in [6.07, 6.45) is 9.62. The third-order valence-electron chi connectivity index (χ3n) is 6.39. The van der Waals surface area contributed by atoms with Crippen LogP contribution in [-0.2, 0) is 9.53 Å². The van der Waals surface area contributed by atoms with Crippen LogP contribution in [0.3, 0.4) is 0 Å². The van der Waals surface area contributed by atoms with Crippen LogP contribution in [0.2, 0.25) is 0 Å². The molecule has 6 heteroatoms. The molecule has 4 rings (SSSR count). The van der Waals surface area contributed by atoms with E-state index in [9.17, 15) is 9.59 Å². The van der Waals surface area contributed by atoms with Crippen LogP contribution in [0.15, 0.2) is 18.5 Å². The molecule has 3 saturated heterocycles. The maximum Gasteiger partial charge on any atom is 0.255 e. The Labute approximate surface area is 154 Å². The molecule has 3 aliphatic heterocycles. The summed E-state index contributed by atoms with van der Waals surface area (Å²) >= 11 is 0. The molecule has 1 N–H and O–H groups in total. The van der Waals surface area contributed by atoms with Crippen LogP contribution in [0, 0.1) is 11.8 Å². The molecule has 26 heavy (non-hydrogen) atoms. The molecule has 0 radical (unpaired) electrons. The van der Waals surface area contributed by atoms with Crippen LogP contribution in [0.25, 0.3) is 0 Å². The molecule has 0 spiro atoms. The highest BCUT2D eigenvalue weighted by Gasteiger charge is 2.34. The van der Waals surface area contributed by atoms with Gasteiger partial charge >= 0.3 is 0 Å². The lowest BCUT2D eigenvalue weighted by Gasteiger charge is -2.40. The van der Waals surface area contributed by atoms with Gasteiger partial charge in [-0.05, 0) is 56.4 Å². The van der Waals surface area contributed by atoms with Gasteiger partial charge in [-0.15, -0.1) is 0 Å². The Morgan fingerprint density at radius 2 is 1.62 bits per heavy atom. The molecule has 0 aliphatic carbocycles. The van der Waals surface area contributed by atoms with E-state index in [0.29, 0.717) is 11.8 Å². The van der Waals surface area contributed by atoms with Gasteiger partial charge in [0.15, 0.2) is 0 Å². The highest BCUT2D eigenvalue weighted by molar-refractivity contribution is 5.94. The molecule has 1 aromatic rings. The van der Waals surface area contributed by atoms with Crippen LogP contribution in [-0.4, -0.2) is 65.5 Å². The van der Waals surface area contributed by atoms with Crippen LogP contribution in [0.4, 0.5) is 0 Å². The summed E-state index contributed by atoms with van der Waals surface area (Å²) in [5, 5.41) is 0. The van der Waals surface area contributed by atoms with Gasteiger partial charge in [0, 0.05) is 45.2 Å². The lowest BCUT2D eigenvalue weighted by Crippen LogP contribution is -2.46. The molecule has 0 saturated carbocycles. The number of amides is 2. The van der Waals surface area contributed by atoms with E-state index in [1.807, 2.05) is 15.9 Å². The Balaban J connectivity index is 1.23. The van der Waals surface area contributed by atoms with Crippen molar-refractivity contribution in [3.8, 4) is 0 Å². The Hall–Kier alpha value is -1.82. The zero-order valence-corrected chi connectivity index (χ0v) is 15.4. The molecular weight excluding hydrogens is 330 g/mol. The summed E-state index contributed by atoms with van der Waals surface area (Å²) in [5.74, 6) is 1.72. The summed E-state index contributed by atoms with van der Waals surface area (Å²) in [6, 6.07) is 1.84. The monoisotopic (exact) mass is 359 g/mol. The number of carbonyl (C=O) groups is 2. The second-order valence-electron chi connectivity index (χ2n) is 7.89. The number of likely N-dealkylation sites (tertiary alicyclic amines) is 2. The van der Waals surface area contributed by atoms with Gasteiger partial charge in [0.1, 0.15) is 6.10 Å². The van der Waals surface area contributed by atoms with Gasteiger partial charge in [0.05, 0.1) is 5.56 Å². The summed E-state index contributed by atoms with van der Waals surface area (Å²) in [6.45, 7) is 4.16. The van der Waals surface area contributed by atoms with Gasteiger partial charge in [-0.1, -0.05) is 0 Å². The first-order valence-corrected chi connectivity index (χ1v) is 10.0. The minimum absolute atomic E-state index is 0.140. The molecule has 0 bridgehead atoms. The molecule has 1 atom stereocenters. The van der Waals surface area contributed by atoms with Crippen LogP contribution in [0.5, 0.6) is 0 Å². The van der Waals surface area contributed by atoms with Crippen molar-refractivity contribution in [1.82, 2.24) is 14.8 Å². The molecular formula is C20H29N3O3. The van der Waals surface area contributed by atoms with E-state index in [0.717, 1.165) is 76.9 Å². The molecule has 0 aromatic carbocycles. The maximum absolute atomic E-state index is 12.5. The standard InChI is InChI=1S/C20H29N3O3/c24-19(17-3-8-21-14-17)22-9-4-15(5-10-22)16-6-11-23(12-7-16)20(25)18-2-1-13-26-18/h3,8,14-16,18,21H,1-2,4-7,9-13H2. The third kappa shape index (κ3) is 3.65. The number of aromatic nitrogens is 1. The fourth-order valence-corrected chi connectivity index (χ4v) is 4.78. The Morgan fingerprint density at radius 1 is 0.962 bits per heavy atom. The molecule has 3 aliphatic rings. The Morgan fingerprint density at radius 3 is 2.15 bits per heavy atom. The number of hydrogen-bond acceptors (Lipinski definition) is 3. The minimum atomic E-state index is -0.186. The van der Waals surface area contributed by atoms with Crippen LogP contribution >= 0.6 is 0 Å². The fraction of sp³-hybridized carbons (Fsp3) is 0.700. The normalized spacial score (nSPS) is 25.6. The molecule has 2 amide bonds. The Bertz CT molecular complexity index is 608. The summed E-state index contributed by atoms with van der Waals surface area (Å²) in [5.41, 5.74) is 0.754. The topological polar surface area (TPSA) is 65.6 Å². The number of nitrogens with one attached hydrogen (secondary N) is 1. The van der Waals surface area contributed by atoms with Crippen molar-refractivity contribution in [2.45, 2.75) is 44.6 Å². The van der Waals surface area contributed by atoms with E-state index in [1.54, 1.807) is 12.4 Å². The highest BCUT2D eigenvalue weighted by Crippen LogP contribution is 2.33. The average Bonchev–Trinajstić information content (AvgIpc) is 3.41. The number of H-pyrrole nitrogens is 1. The van der Waals surface area contributed by atoms with E-state index in [1.165, 1.54) is 0 Å². The lowest BCUT2D eigenvalue weighted by molar-refractivity contribution is -0.142. The van der Waals surface area contributed by atoms with E-state index in [2.05, 4.69) is 4.98 Å². The van der Waals surface area contributed by atoms with Crippen LogP contribution in [0.1, 0.15) is 48.9 Å². The number of aromatic amines is 1. The van der Waals surface area contributed by atoms with Gasteiger partial charge in [-0.25, -0.2) is 0 Å². The fourth-order valence-electron chi connectivity index (χ4n) is 4.78. The number of ether oxygens (including phenoxy) is 1. The number of carbonyl (C=O) groups excluding carboxylic acids is 2. The van der Waals surface area contributed by atoms with E-state index >= 15 is 0 Å². The summed E-state index contributed by atoms with van der Waals surface area (Å²) in [7, 11) is 0. The number of rotatable bonds is 3. The van der Waals surface area contributed by atoms with Crippen molar-refractivity contribution >= 4 is 11.8 Å². The van der Waals surface area contributed by atoms with E-state index in [4.69, 9.17) is 4.74 Å². The van der Waals surface area contributed by atoms with Gasteiger partial charge in [0.25, 0.3) is 11.8 Å². The zero-order valence-electron chi connectivity index (χ0n) is 15.4. The van der Waals surface area contributed by atoms with Crippen molar-refractivity contribution in [1.29, 1.82) is 0 Å². The first-order valence-electron chi connectivity index (χ1n) is 10.0.